The van der Waals surface area contributed by atoms with Crippen LogP contribution in [0.1, 0.15) is 11.1 Å². The summed E-state index contributed by atoms with van der Waals surface area (Å²) in [6.45, 7) is 0. The van der Waals surface area contributed by atoms with Gasteiger partial charge in [-0.25, -0.2) is 17.6 Å². The number of halogens is 6. The van der Waals surface area contributed by atoms with Crippen LogP contribution in [-0.2, 0) is 25.8 Å². The molecule has 0 saturated heterocycles. The Labute approximate surface area is 261 Å². The Kier molecular flexibility index (Phi) is 7.43. The Balaban J connectivity index is 0.000000194. The Bertz CT molecular complexity index is 2070. The van der Waals surface area contributed by atoms with Crippen molar-refractivity contribution in [3.8, 4) is 33.8 Å². The number of hydrogen-bond acceptors (Lipinski definition) is 1. The molecule has 8 rings (SSSR count). The molecule has 1 atom stereocenters. The van der Waals surface area contributed by atoms with Gasteiger partial charge in [0, 0.05) is 74.3 Å². The van der Waals surface area contributed by atoms with Crippen molar-refractivity contribution >= 4 is 0 Å². The SMILES string of the molecule is Fc1c[c-]c(-c2ccccn2)c(F)c1.Fc1cc(F)c2c(c1)-c1cccc[n+]1C21c2cc(F)cc(F)c2-c2cccc[n+]21.[Ir]. The van der Waals surface area contributed by atoms with Crippen LogP contribution >= 0.6 is 0 Å². The van der Waals surface area contributed by atoms with Crippen LogP contribution in [0.3, 0.4) is 0 Å². The zero-order valence-electron chi connectivity index (χ0n) is 22.3. The van der Waals surface area contributed by atoms with E-state index in [0.717, 1.165) is 24.3 Å². The summed E-state index contributed by atoms with van der Waals surface area (Å²) in [5.41, 5.74) is 1.25. The summed E-state index contributed by atoms with van der Waals surface area (Å²) in [6, 6.07) is 24.1. The van der Waals surface area contributed by atoms with E-state index >= 15 is 4.39 Å². The number of rotatable bonds is 1. The van der Waals surface area contributed by atoms with Crippen LogP contribution in [0.5, 0.6) is 0 Å². The van der Waals surface area contributed by atoms with Gasteiger partial charge in [-0.3, -0.25) is 8.78 Å². The summed E-state index contributed by atoms with van der Waals surface area (Å²) in [6.07, 6.45) is 4.97. The molecule has 6 aromatic rings. The zero-order chi connectivity index (χ0) is 29.9. The van der Waals surface area contributed by atoms with Crippen LogP contribution in [0, 0.1) is 41.0 Å². The maximum Gasteiger partial charge on any atom is 0.420 e. The van der Waals surface area contributed by atoms with Crippen LogP contribution in [0.4, 0.5) is 26.3 Å². The summed E-state index contributed by atoms with van der Waals surface area (Å²) >= 11 is 0. The molecule has 0 fully saturated rings. The third-order valence-corrected chi connectivity index (χ3v) is 7.56. The fraction of sp³-hybridized carbons (Fsp3) is 0.0294. The van der Waals surface area contributed by atoms with E-state index in [0.29, 0.717) is 22.6 Å². The van der Waals surface area contributed by atoms with Gasteiger partial charge in [-0.05, 0) is 36.0 Å². The zero-order valence-corrected chi connectivity index (χ0v) is 24.7. The van der Waals surface area contributed by atoms with Crippen molar-refractivity contribution in [2.75, 3.05) is 0 Å². The molecule has 3 aromatic carbocycles. The number of benzene rings is 3. The Hall–Kier alpha value is -4.66. The van der Waals surface area contributed by atoms with E-state index in [9.17, 15) is 22.0 Å². The quantitative estimate of drug-likeness (QED) is 0.101. The van der Waals surface area contributed by atoms with Gasteiger partial charge in [0.2, 0.25) is 11.4 Å². The minimum Gasteiger partial charge on any atom is -0.305 e. The third kappa shape index (κ3) is 4.36. The summed E-state index contributed by atoms with van der Waals surface area (Å²) in [4.78, 5) is 3.95. The van der Waals surface area contributed by atoms with E-state index in [4.69, 9.17) is 0 Å². The molecule has 44 heavy (non-hydrogen) atoms. The summed E-state index contributed by atoms with van der Waals surface area (Å²) in [5, 5.41) is 0. The fourth-order valence-corrected chi connectivity index (χ4v) is 6.02. The van der Waals surface area contributed by atoms with Crippen molar-refractivity contribution in [2.45, 2.75) is 5.66 Å². The molecule has 0 amide bonds. The maximum atomic E-state index is 15.3. The van der Waals surface area contributed by atoms with Gasteiger partial charge >= 0.3 is 5.66 Å². The van der Waals surface area contributed by atoms with E-state index in [-0.39, 0.29) is 42.4 Å². The van der Waals surface area contributed by atoms with Crippen molar-refractivity contribution in [1.29, 1.82) is 0 Å². The van der Waals surface area contributed by atoms with Crippen LogP contribution in [0.15, 0.2) is 110 Å². The molecule has 2 aliphatic heterocycles. The average Bonchev–Trinajstić information content (AvgIpc) is 3.45. The largest absolute Gasteiger partial charge is 0.420 e. The predicted molar refractivity (Wildman–Crippen MR) is 144 cm³/mol. The first-order chi connectivity index (χ1) is 20.8. The molecule has 0 aliphatic carbocycles. The van der Waals surface area contributed by atoms with Crippen LogP contribution in [0.25, 0.3) is 33.8 Å². The molecule has 0 saturated carbocycles. The van der Waals surface area contributed by atoms with Gasteiger partial charge in [-0.2, -0.15) is 0 Å². The van der Waals surface area contributed by atoms with Gasteiger partial charge in [0.1, 0.15) is 34.4 Å². The Morgan fingerprint density at radius 1 is 0.636 bits per heavy atom. The molecule has 3 aromatic heterocycles. The maximum absolute atomic E-state index is 15.3. The fourth-order valence-electron chi connectivity index (χ4n) is 6.02. The number of nitrogens with zero attached hydrogens (tertiary/aromatic N) is 3. The first kappa shape index (κ1) is 29.4. The molecule has 219 valence electrons. The first-order valence-corrected chi connectivity index (χ1v) is 13.1. The predicted octanol–water partition coefficient (Wildman–Crippen LogP) is 6.90. The molecule has 2 aliphatic rings. The molecular formula is C34H18F6IrN3+. The Morgan fingerprint density at radius 3 is 1.98 bits per heavy atom. The molecule has 0 bridgehead atoms. The van der Waals surface area contributed by atoms with Gasteiger partial charge in [0.05, 0.1) is 5.56 Å². The van der Waals surface area contributed by atoms with Crippen molar-refractivity contribution in [2.24, 2.45) is 0 Å². The van der Waals surface area contributed by atoms with Gasteiger partial charge in [0.15, 0.2) is 18.0 Å². The van der Waals surface area contributed by atoms with Crippen LogP contribution in [0.2, 0.25) is 0 Å². The molecule has 1 spiro atoms. The topological polar surface area (TPSA) is 20.6 Å². The van der Waals surface area contributed by atoms with Gasteiger partial charge in [-0.15, -0.1) is 21.3 Å². The smallest absolute Gasteiger partial charge is 0.305 e. The van der Waals surface area contributed by atoms with E-state index in [2.05, 4.69) is 11.1 Å². The van der Waals surface area contributed by atoms with Crippen molar-refractivity contribution in [3.05, 3.63) is 162 Å². The van der Waals surface area contributed by atoms with E-state index in [1.165, 1.54) is 12.1 Å². The monoisotopic (exact) mass is 775 g/mol. The van der Waals surface area contributed by atoms with Crippen LogP contribution in [-0.4, -0.2) is 4.98 Å². The minimum atomic E-state index is -1.40. The second-order valence-corrected chi connectivity index (χ2v) is 9.96. The van der Waals surface area contributed by atoms with E-state index in [1.807, 2.05) is 0 Å². The van der Waals surface area contributed by atoms with Crippen molar-refractivity contribution in [1.82, 2.24) is 4.98 Å². The summed E-state index contributed by atoms with van der Waals surface area (Å²) < 4.78 is 88.1. The second-order valence-electron chi connectivity index (χ2n) is 9.96. The molecule has 3 nitrogen and oxygen atoms in total. The molecule has 0 N–H and O–H groups in total. The number of fused-ring (bicyclic) bond motifs is 10. The van der Waals surface area contributed by atoms with Crippen molar-refractivity contribution < 1.29 is 55.6 Å². The van der Waals surface area contributed by atoms with E-state index < -0.39 is 40.6 Å². The van der Waals surface area contributed by atoms with Gasteiger partial charge in [0.25, 0.3) is 0 Å². The van der Waals surface area contributed by atoms with E-state index in [1.54, 1.807) is 82.3 Å². The van der Waals surface area contributed by atoms with Crippen molar-refractivity contribution in [3.63, 3.8) is 0 Å². The number of aromatic nitrogens is 3. The third-order valence-electron chi connectivity index (χ3n) is 7.56. The summed E-state index contributed by atoms with van der Waals surface area (Å²) in [5.74, 6) is -4.26. The first-order valence-electron chi connectivity index (χ1n) is 13.1. The molecule has 5 heterocycles. The van der Waals surface area contributed by atoms with Gasteiger partial charge in [-0.1, -0.05) is 23.8 Å². The normalized spacial score (nSPS) is 15.0. The van der Waals surface area contributed by atoms with Crippen LogP contribution < -0.4 is 9.13 Å². The van der Waals surface area contributed by atoms with Gasteiger partial charge < -0.3 is 4.98 Å². The number of pyridine rings is 3. The summed E-state index contributed by atoms with van der Waals surface area (Å²) in [7, 11) is 0. The minimum absolute atomic E-state index is 0. The average molecular weight is 775 g/mol. The molecule has 10 heteroatoms. The standard InChI is InChI=1S/C23H12F4N2.C11H6F2N.Ir/c24-13-9-15-19-5-1-3-7-28(19)23(22(15)18(27)12-13)16-10-14(25)11-17(26)21(16)20-6-2-4-8-29(20)23;12-8-4-5-9(10(13)7-8)11-3-1-2-6-14-11;/h1-12H;1-4,6-7H;/q+2;-1;. The second kappa shape index (κ2) is 11.1. The number of hydrogen-bond donors (Lipinski definition) is 0. The molecule has 1 radical (unpaired) electrons. The Morgan fingerprint density at radius 2 is 1.27 bits per heavy atom. The molecule has 1 unspecified atom stereocenters. The molecular weight excluding hydrogens is 757 g/mol.